The lowest BCUT2D eigenvalue weighted by Crippen LogP contribution is -2.40. The van der Waals surface area contributed by atoms with Crippen LogP contribution in [0.15, 0.2) is 4.99 Å². The molecule has 0 atom stereocenters. The molecule has 23 heavy (non-hydrogen) atoms. The van der Waals surface area contributed by atoms with E-state index < -0.39 is 12.6 Å². The van der Waals surface area contributed by atoms with E-state index in [1.807, 2.05) is 13.8 Å². The van der Waals surface area contributed by atoms with Gasteiger partial charge in [0.1, 0.15) is 6.54 Å². The summed E-state index contributed by atoms with van der Waals surface area (Å²) in [5, 5.41) is 6.02. The standard InChI is InChI=1S/C14H27F3N4O.HI/c1-11(2)9-19-13(20-10-12(22)21(3)4)18-8-6-5-7-14(15,16)17;/h11H,5-10H2,1-4H3,(H2,18,19,20);1H. The van der Waals surface area contributed by atoms with Crippen molar-refractivity contribution in [3.8, 4) is 0 Å². The number of unbranched alkanes of at least 4 members (excludes halogenated alkanes) is 1. The van der Waals surface area contributed by atoms with Gasteiger partial charge in [0.15, 0.2) is 5.96 Å². The maximum atomic E-state index is 12.0. The highest BCUT2D eigenvalue weighted by Crippen LogP contribution is 2.21. The Hall–Kier alpha value is -0.740. The second-order valence-corrected chi connectivity index (χ2v) is 5.73. The molecule has 5 nitrogen and oxygen atoms in total. The molecule has 0 aromatic carbocycles. The van der Waals surface area contributed by atoms with Crippen molar-refractivity contribution in [3.05, 3.63) is 0 Å². The van der Waals surface area contributed by atoms with Gasteiger partial charge in [0.05, 0.1) is 0 Å². The van der Waals surface area contributed by atoms with Crippen LogP contribution in [0.2, 0.25) is 0 Å². The van der Waals surface area contributed by atoms with Crippen LogP contribution >= 0.6 is 24.0 Å². The SMILES string of the molecule is CC(C)CNC(=NCC(=O)N(C)C)NCCCCC(F)(F)F.I. The van der Waals surface area contributed by atoms with E-state index in [4.69, 9.17) is 0 Å². The van der Waals surface area contributed by atoms with Gasteiger partial charge in [0.2, 0.25) is 5.91 Å². The molecular formula is C14H28F3IN4O. The van der Waals surface area contributed by atoms with E-state index in [1.165, 1.54) is 4.90 Å². The number of carbonyl (C=O) groups is 1. The van der Waals surface area contributed by atoms with Crippen molar-refractivity contribution in [1.29, 1.82) is 0 Å². The molecule has 0 saturated heterocycles. The number of likely N-dealkylation sites (N-methyl/N-ethyl adjacent to an activating group) is 1. The molecule has 0 radical (unpaired) electrons. The fourth-order valence-electron chi connectivity index (χ4n) is 1.42. The number of aliphatic imine (C=N–C) groups is 1. The smallest absolute Gasteiger partial charge is 0.356 e. The average molecular weight is 452 g/mol. The molecule has 2 N–H and O–H groups in total. The Bertz CT molecular complexity index is 360. The second kappa shape index (κ2) is 12.7. The minimum atomic E-state index is -4.11. The van der Waals surface area contributed by atoms with Crippen LogP contribution in [-0.4, -0.2) is 56.7 Å². The molecule has 0 bridgehead atoms. The van der Waals surface area contributed by atoms with Crippen molar-refractivity contribution in [3.63, 3.8) is 0 Å². The van der Waals surface area contributed by atoms with Gasteiger partial charge in [-0.3, -0.25) is 4.79 Å². The van der Waals surface area contributed by atoms with E-state index in [1.54, 1.807) is 14.1 Å². The number of halogens is 4. The summed E-state index contributed by atoms with van der Waals surface area (Å²) in [6.07, 6.45) is -4.42. The summed E-state index contributed by atoms with van der Waals surface area (Å²) in [6.45, 7) is 5.11. The third-order valence-corrected chi connectivity index (χ3v) is 2.73. The number of carbonyl (C=O) groups excluding carboxylic acids is 1. The molecule has 0 heterocycles. The Kier molecular flexibility index (Phi) is 13.5. The first-order chi connectivity index (χ1) is 10.1. The Morgan fingerprint density at radius 1 is 1.17 bits per heavy atom. The number of nitrogens with one attached hydrogen (secondary N) is 2. The van der Waals surface area contributed by atoms with Crippen LogP contribution in [0.25, 0.3) is 0 Å². The zero-order valence-electron chi connectivity index (χ0n) is 14.2. The van der Waals surface area contributed by atoms with Gasteiger partial charge < -0.3 is 15.5 Å². The zero-order valence-corrected chi connectivity index (χ0v) is 16.5. The summed E-state index contributed by atoms with van der Waals surface area (Å²) in [5.74, 6) is 0.709. The molecule has 1 amide bonds. The first-order valence-corrected chi connectivity index (χ1v) is 7.41. The molecular weight excluding hydrogens is 424 g/mol. The molecule has 0 aliphatic heterocycles. The number of amides is 1. The van der Waals surface area contributed by atoms with Crippen molar-refractivity contribution in [2.75, 3.05) is 33.7 Å². The topological polar surface area (TPSA) is 56.7 Å². The van der Waals surface area contributed by atoms with Gasteiger partial charge >= 0.3 is 6.18 Å². The predicted octanol–water partition coefficient (Wildman–Crippen LogP) is 2.62. The van der Waals surface area contributed by atoms with Gasteiger partial charge in [-0.25, -0.2) is 4.99 Å². The largest absolute Gasteiger partial charge is 0.389 e. The summed E-state index contributed by atoms with van der Waals surface area (Å²) in [7, 11) is 3.28. The van der Waals surface area contributed by atoms with Gasteiger partial charge in [-0.1, -0.05) is 13.8 Å². The number of alkyl halides is 3. The molecule has 138 valence electrons. The normalized spacial score (nSPS) is 11.9. The van der Waals surface area contributed by atoms with E-state index >= 15 is 0 Å². The predicted molar refractivity (Wildman–Crippen MR) is 97.2 cm³/mol. The van der Waals surface area contributed by atoms with Crippen LogP contribution in [0.4, 0.5) is 13.2 Å². The Morgan fingerprint density at radius 2 is 1.78 bits per heavy atom. The van der Waals surface area contributed by atoms with Gasteiger partial charge in [-0.2, -0.15) is 13.2 Å². The number of guanidine groups is 1. The highest BCUT2D eigenvalue weighted by molar-refractivity contribution is 14.0. The Morgan fingerprint density at radius 3 is 2.26 bits per heavy atom. The highest BCUT2D eigenvalue weighted by Gasteiger charge is 2.25. The first-order valence-electron chi connectivity index (χ1n) is 7.41. The van der Waals surface area contributed by atoms with Crippen molar-refractivity contribution in [1.82, 2.24) is 15.5 Å². The van der Waals surface area contributed by atoms with Crippen molar-refractivity contribution < 1.29 is 18.0 Å². The summed E-state index contributed by atoms with van der Waals surface area (Å²) in [4.78, 5) is 17.1. The fraction of sp³-hybridized carbons (Fsp3) is 0.857. The fourth-order valence-corrected chi connectivity index (χ4v) is 1.42. The third kappa shape index (κ3) is 15.9. The van der Waals surface area contributed by atoms with Gasteiger partial charge in [0.25, 0.3) is 0 Å². The van der Waals surface area contributed by atoms with Gasteiger partial charge in [-0.05, 0) is 18.8 Å². The number of rotatable bonds is 8. The molecule has 0 saturated carbocycles. The van der Waals surface area contributed by atoms with Crippen LogP contribution in [0.3, 0.4) is 0 Å². The van der Waals surface area contributed by atoms with Crippen LogP contribution in [0, 0.1) is 5.92 Å². The minimum Gasteiger partial charge on any atom is -0.356 e. The van der Waals surface area contributed by atoms with Crippen molar-refractivity contribution in [2.24, 2.45) is 10.9 Å². The van der Waals surface area contributed by atoms with E-state index in [0.29, 0.717) is 31.4 Å². The number of nitrogens with zero attached hydrogens (tertiary/aromatic N) is 2. The average Bonchev–Trinajstić information content (AvgIpc) is 2.38. The molecule has 0 unspecified atom stereocenters. The van der Waals surface area contributed by atoms with Crippen LogP contribution in [-0.2, 0) is 4.79 Å². The second-order valence-electron chi connectivity index (χ2n) is 5.73. The number of hydrogen-bond acceptors (Lipinski definition) is 2. The Balaban J connectivity index is 0. The summed E-state index contributed by atoms with van der Waals surface area (Å²) in [6, 6.07) is 0. The zero-order chi connectivity index (χ0) is 17.2. The van der Waals surface area contributed by atoms with Crippen LogP contribution in [0.1, 0.15) is 33.1 Å². The quantitative estimate of drug-likeness (QED) is 0.258. The van der Waals surface area contributed by atoms with Gasteiger partial charge in [-0.15, -0.1) is 24.0 Å². The van der Waals surface area contributed by atoms with E-state index in [-0.39, 0.29) is 42.8 Å². The van der Waals surface area contributed by atoms with Crippen molar-refractivity contribution in [2.45, 2.75) is 39.3 Å². The molecule has 0 aromatic rings. The van der Waals surface area contributed by atoms with Crippen LogP contribution < -0.4 is 10.6 Å². The molecule has 0 aliphatic rings. The maximum absolute atomic E-state index is 12.0. The minimum absolute atomic E-state index is 0. The van der Waals surface area contributed by atoms with E-state index in [0.717, 1.165) is 0 Å². The molecule has 0 aliphatic carbocycles. The lowest BCUT2D eigenvalue weighted by atomic mass is 10.2. The monoisotopic (exact) mass is 452 g/mol. The third-order valence-electron chi connectivity index (χ3n) is 2.73. The van der Waals surface area contributed by atoms with Gasteiger partial charge in [0, 0.05) is 33.6 Å². The first kappa shape index (κ1) is 24.5. The van der Waals surface area contributed by atoms with Crippen molar-refractivity contribution >= 4 is 35.8 Å². The summed E-state index contributed by atoms with van der Waals surface area (Å²) < 4.78 is 36.1. The molecule has 0 rings (SSSR count). The molecule has 0 aromatic heterocycles. The van der Waals surface area contributed by atoms with Crippen LogP contribution in [0.5, 0.6) is 0 Å². The van der Waals surface area contributed by atoms with E-state index in [9.17, 15) is 18.0 Å². The maximum Gasteiger partial charge on any atom is 0.389 e. The lowest BCUT2D eigenvalue weighted by Gasteiger charge is -2.15. The molecule has 9 heteroatoms. The number of hydrogen-bond donors (Lipinski definition) is 2. The lowest BCUT2D eigenvalue weighted by molar-refractivity contribution is -0.135. The summed E-state index contributed by atoms with van der Waals surface area (Å²) >= 11 is 0. The highest BCUT2D eigenvalue weighted by atomic mass is 127. The molecule has 0 fully saturated rings. The summed E-state index contributed by atoms with van der Waals surface area (Å²) in [5.41, 5.74) is 0. The Labute approximate surface area is 153 Å². The molecule has 0 spiro atoms. The van der Waals surface area contributed by atoms with E-state index in [2.05, 4.69) is 15.6 Å².